The molecule has 0 bridgehead atoms. The smallest absolute Gasteiger partial charge is 0.272 e. The first-order valence-electron chi connectivity index (χ1n) is 10.5. The van der Waals surface area contributed by atoms with Crippen LogP contribution < -0.4 is 5.73 Å². The Bertz CT molecular complexity index is 1050. The summed E-state index contributed by atoms with van der Waals surface area (Å²) in [4.78, 5) is 14.6. The lowest BCUT2D eigenvalue weighted by Crippen LogP contribution is -2.46. The van der Waals surface area contributed by atoms with E-state index in [0.717, 1.165) is 23.6 Å². The van der Waals surface area contributed by atoms with Gasteiger partial charge in [0.1, 0.15) is 17.3 Å². The Kier molecular flexibility index (Phi) is 7.71. The van der Waals surface area contributed by atoms with Gasteiger partial charge in [0, 0.05) is 25.2 Å². The Morgan fingerprint density at radius 1 is 1.12 bits per heavy atom. The predicted molar refractivity (Wildman–Crippen MR) is 118 cm³/mol. The number of aromatic amines is 1. The number of amides is 1. The second-order valence-corrected chi connectivity index (χ2v) is 8.00. The Morgan fingerprint density at radius 2 is 1.81 bits per heavy atom. The maximum absolute atomic E-state index is 13.5. The quantitative estimate of drug-likeness (QED) is 0.475. The molecule has 0 aliphatic carbocycles. The molecule has 0 spiro atoms. The van der Waals surface area contributed by atoms with Gasteiger partial charge in [0.25, 0.3) is 5.91 Å². The van der Waals surface area contributed by atoms with E-state index >= 15 is 0 Å². The fraction of sp³-hybridized carbons (Fsp3) is 0.333. The van der Waals surface area contributed by atoms with E-state index in [1.807, 2.05) is 31.2 Å². The Hall–Kier alpha value is -3.10. The molecule has 0 radical (unpaired) electrons. The van der Waals surface area contributed by atoms with E-state index in [0.29, 0.717) is 17.0 Å². The van der Waals surface area contributed by atoms with Crippen molar-refractivity contribution in [2.24, 2.45) is 5.73 Å². The number of carbonyl (C=O) groups excluding carboxylic acids is 1. The van der Waals surface area contributed by atoms with Crippen LogP contribution in [0.15, 0.2) is 48.5 Å². The molecule has 1 amide bonds. The second-order valence-electron chi connectivity index (χ2n) is 8.00. The van der Waals surface area contributed by atoms with E-state index in [9.17, 15) is 18.7 Å². The highest BCUT2D eigenvalue weighted by Crippen LogP contribution is 2.15. The van der Waals surface area contributed by atoms with E-state index in [-0.39, 0.29) is 25.4 Å². The number of aliphatic hydroxyl groups excluding tert-OH is 1. The molecule has 0 aliphatic rings. The van der Waals surface area contributed by atoms with Crippen LogP contribution in [0.2, 0.25) is 0 Å². The summed E-state index contributed by atoms with van der Waals surface area (Å²) in [6.07, 6.45) is -0.186. The van der Waals surface area contributed by atoms with Crippen LogP contribution in [-0.4, -0.2) is 44.8 Å². The number of aliphatic hydroxyl groups is 1. The number of nitrogens with two attached hydrogens (primary N) is 1. The summed E-state index contributed by atoms with van der Waals surface area (Å²) in [5, 5.41) is 17.5. The third-order valence-electron chi connectivity index (χ3n) is 5.29. The van der Waals surface area contributed by atoms with Crippen LogP contribution in [0.1, 0.15) is 39.8 Å². The second kappa shape index (κ2) is 10.5. The molecule has 32 heavy (non-hydrogen) atoms. The van der Waals surface area contributed by atoms with Crippen molar-refractivity contribution in [1.82, 2.24) is 15.1 Å². The van der Waals surface area contributed by atoms with Crippen molar-refractivity contribution < 1.29 is 18.7 Å². The number of nitrogens with one attached hydrogen (secondary N) is 1. The molecule has 170 valence electrons. The Balaban J connectivity index is 1.77. The predicted octanol–water partition coefficient (Wildman–Crippen LogP) is 3.13. The Morgan fingerprint density at radius 3 is 2.44 bits per heavy atom. The summed E-state index contributed by atoms with van der Waals surface area (Å²) in [5.41, 5.74) is 9.50. The molecular formula is C24H28F2N4O2. The van der Waals surface area contributed by atoms with Crippen LogP contribution in [0.25, 0.3) is 0 Å². The van der Waals surface area contributed by atoms with Gasteiger partial charge < -0.3 is 15.7 Å². The normalized spacial score (nSPS) is 13.1. The van der Waals surface area contributed by atoms with Crippen molar-refractivity contribution in [2.45, 2.75) is 45.4 Å². The summed E-state index contributed by atoms with van der Waals surface area (Å²) in [6, 6.07) is 11.8. The first kappa shape index (κ1) is 23.6. The lowest BCUT2D eigenvalue weighted by molar-refractivity contribution is 0.0549. The van der Waals surface area contributed by atoms with Crippen LogP contribution in [0.3, 0.4) is 0 Å². The van der Waals surface area contributed by atoms with Gasteiger partial charge in [-0.3, -0.25) is 9.89 Å². The van der Waals surface area contributed by atoms with Gasteiger partial charge in [-0.05, 0) is 54.7 Å². The fourth-order valence-electron chi connectivity index (χ4n) is 3.59. The number of hydrogen-bond acceptors (Lipinski definition) is 4. The summed E-state index contributed by atoms with van der Waals surface area (Å²) in [6.45, 7) is 4.04. The van der Waals surface area contributed by atoms with Gasteiger partial charge in [-0.25, -0.2) is 8.78 Å². The van der Waals surface area contributed by atoms with Crippen molar-refractivity contribution >= 4 is 5.91 Å². The Labute approximate surface area is 186 Å². The van der Waals surface area contributed by atoms with Crippen LogP contribution in [0, 0.1) is 18.6 Å². The standard InChI is InChI=1S/C24H28F2N4O2/c1-3-16-5-4-6-17(8-16)13-30(24(32)22-7-15(2)28-29-22)14-23(31)21(27)11-18-9-19(25)12-20(26)10-18/h4-10,12,21,23,31H,3,11,13-14,27H2,1-2H3,(H,28,29)/t21-,23+/m0/s1. The van der Waals surface area contributed by atoms with Gasteiger partial charge in [0.05, 0.1) is 11.8 Å². The lowest BCUT2D eigenvalue weighted by Gasteiger charge is -2.28. The summed E-state index contributed by atoms with van der Waals surface area (Å²) in [7, 11) is 0. The average Bonchev–Trinajstić information content (AvgIpc) is 3.18. The molecule has 4 N–H and O–H groups in total. The number of hydrogen-bond donors (Lipinski definition) is 3. The van der Waals surface area contributed by atoms with Crippen LogP contribution in [0.4, 0.5) is 8.78 Å². The van der Waals surface area contributed by atoms with Gasteiger partial charge in [0.15, 0.2) is 0 Å². The molecule has 8 heteroatoms. The monoisotopic (exact) mass is 442 g/mol. The molecule has 2 atom stereocenters. The molecule has 1 heterocycles. The van der Waals surface area contributed by atoms with Gasteiger partial charge >= 0.3 is 0 Å². The van der Waals surface area contributed by atoms with E-state index in [2.05, 4.69) is 10.2 Å². The molecular weight excluding hydrogens is 414 g/mol. The van der Waals surface area contributed by atoms with Crippen molar-refractivity contribution in [3.8, 4) is 0 Å². The summed E-state index contributed by atoms with van der Waals surface area (Å²) >= 11 is 0. The maximum Gasteiger partial charge on any atom is 0.272 e. The van der Waals surface area contributed by atoms with Crippen LogP contribution in [-0.2, 0) is 19.4 Å². The maximum atomic E-state index is 13.5. The molecule has 0 aliphatic heterocycles. The van der Waals surface area contributed by atoms with E-state index in [1.54, 1.807) is 13.0 Å². The third-order valence-corrected chi connectivity index (χ3v) is 5.29. The first-order chi connectivity index (χ1) is 15.2. The van der Waals surface area contributed by atoms with Crippen molar-refractivity contribution in [2.75, 3.05) is 6.54 Å². The largest absolute Gasteiger partial charge is 0.390 e. The number of halogens is 2. The third kappa shape index (κ3) is 6.21. The van der Waals surface area contributed by atoms with Crippen molar-refractivity contribution in [3.05, 3.63) is 88.2 Å². The molecule has 3 rings (SSSR count). The average molecular weight is 443 g/mol. The van der Waals surface area contributed by atoms with E-state index < -0.39 is 23.8 Å². The number of carbonyl (C=O) groups is 1. The van der Waals surface area contributed by atoms with Crippen LogP contribution >= 0.6 is 0 Å². The molecule has 0 unspecified atom stereocenters. The zero-order chi connectivity index (χ0) is 23.3. The zero-order valence-corrected chi connectivity index (χ0v) is 18.2. The topological polar surface area (TPSA) is 95.2 Å². The molecule has 0 saturated heterocycles. The number of H-pyrrole nitrogens is 1. The highest BCUT2D eigenvalue weighted by Gasteiger charge is 2.25. The minimum absolute atomic E-state index is 0.0494. The fourth-order valence-corrected chi connectivity index (χ4v) is 3.59. The minimum Gasteiger partial charge on any atom is -0.390 e. The van der Waals surface area contributed by atoms with E-state index in [1.165, 1.54) is 17.0 Å². The number of rotatable bonds is 9. The molecule has 3 aromatic rings. The molecule has 0 saturated carbocycles. The number of nitrogens with zero attached hydrogens (tertiary/aromatic N) is 2. The minimum atomic E-state index is -1.11. The lowest BCUT2D eigenvalue weighted by atomic mass is 10.0. The molecule has 2 aromatic carbocycles. The van der Waals surface area contributed by atoms with Gasteiger partial charge in [-0.2, -0.15) is 5.10 Å². The first-order valence-corrected chi connectivity index (χ1v) is 10.5. The van der Waals surface area contributed by atoms with Gasteiger partial charge in [0.2, 0.25) is 0 Å². The van der Waals surface area contributed by atoms with Gasteiger partial charge in [-0.15, -0.1) is 0 Å². The van der Waals surface area contributed by atoms with Crippen molar-refractivity contribution in [1.29, 1.82) is 0 Å². The highest BCUT2D eigenvalue weighted by atomic mass is 19.1. The number of benzene rings is 2. The van der Waals surface area contributed by atoms with E-state index in [4.69, 9.17) is 5.73 Å². The number of aromatic nitrogens is 2. The van der Waals surface area contributed by atoms with Crippen LogP contribution in [0.5, 0.6) is 0 Å². The van der Waals surface area contributed by atoms with Gasteiger partial charge in [-0.1, -0.05) is 31.2 Å². The summed E-state index contributed by atoms with van der Waals surface area (Å²) < 4.78 is 27.0. The highest BCUT2D eigenvalue weighted by molar-refractivity contribution is 5.92. The molecule has 6 nitrogen and oxygen atoms in total. The molecule has 1 aromatic heterocycles. The summed E-state index contributed by atoms with van der Waals surface area (Å²) in [5.74, 6) is -1.73. The van der Waals surface area contributed by atoms with Crippen molar-refractivity contribution in [3.63, 3.8) is 0 Å². The zero-order valence-electron chi connectivity index (χ0n) is 18.2. The SMILES string of the molecule is CCc1cccc(CN(C[C@@H](O)[C@@H](N)Cc2cc(F)cc(F)c2)C(=O)c2cc(C)n[nH]2)c1. The molecule has 0 fully saturated rings. The number of aryl methyl sites for hydroxylation is 2.